The number of morpholine rings is 1. The molecule has 4 aromatic rings. The fourth-order valence-electron chi connectivity index (χ4n) is 5.75. The molecule has 1 aliphatic heterocycles. The van der Waals surface area contributed by atoms with Crippen LogP contribution in [0.3, 0.4) is 0 Å². The van der Waals surface area contributed by atoms with Crippen LogP contribution in [0.25, 0.3) is 33.4 Å². The fourth-order valence-corrected chi connectivity index (χ4v) is 6.06. The van der Waals surface area contributed by atoms with E-state index in [0.717, 1.165) is 25.7 Å². The molecule has 6 rings (SSSR count). The van der Waals surface area contributed by atoms with E-state index < -0.39 is 22.9 Å². The van der Waals surface area contributed by atoms with Gasteiger partial charge in [-0.2, -0.15) is 0 Å². The Bertz CT molecular complexity index is 1700. The SMILES string of the molecule is Nc1ccc(-c2nc(N3CCOCC3)c3cc(-c4cccc(C(F)CCN[SH](=O)=O)c4F)cc(OC4CCCC4)c3n2)cn1. The Morgan fingerprint density at radius 2 is 1.89 bits per heavy atom. The van der Waals surface area contributed by atoms with Crippen LogP contribution >= 0.6 is 0 Å². The number of hydrogen-bond acceptors (Lipinski definition) is 9. The first-order chi connectivity index (χ1) is 21.4. The van der Waals surface area contributed by atoms with Crippen molar-refractivity contribution in [2.75, 3.05) is 43.5 Å². The van der Waals surface area contributed by atoms with Crippen molar-refractivity contribution in [3.8, 4) is 28.3 Å². The summed E-state index contributed by atoms with van der Waals surface area (Å²) in [6.07, 6.45) is 3.64. The lowest BCUT2D eigenvalue weighted by molar-refractivity contribution is 0.122. The smallest absolute Gasteiger partial charge is 0.201 e. The number of halogens is 2. The average Bonchev–Trinajstić information content (AvgIpc) is 3.54. The molecule has 0 amide bonds. The zero-order chi connectivity index (χ0) is 30.6. The summed E-state index contributed by atoms with van der Waals surface area (Å²) >= 11 is 0. The maximum atomic E-state index is 16.0. The van der Waals surface area contributed by atoms with Crippen LogP contribution in [-0.2, 0) is 15.6 Å². The number of hydrogen-bond donors (Lipinski definition) is 3. The summed E-state index contributed by atoms with van der Waals surface area (Å²) < 4.78 is 67.1. The van der Waals surface area contributed by atoms with Gasteiger partial charge in [0.25, 0.3) is 0 Å². The largest absolute Gasteiger partial charge is 0.488 e. The van der Waals surface area contributed by atoms with Crippen LogP contribution in [0.1, 0.15) is 43.8 Å². The summed E-state index contributed by atoms with van der Waals surface area (Å²) in [6.45, 7) is 2.12. The summed E-state index contributed by atoms with van der Waals surface area (Å²) in [6, 6.07) is 11.7. The predicted octanol–water partition coefficient (Wildman–Crippen LogP) is 4.75. The third-order valence-corrected chi connectivity index (χ3v) is 8.49. The molecule has 0 spiro atoms. The van der Waals surface area contributed by atoms with E-state index >= 15 is 8.78 Å². The van der Waals surface area contributed by atoms with Crippen molar-refractivity contribution in [3.05, 3.63) is 60.0 Å². The Morgan fingerprint density at radius 3 is 2.61 bits per heavy atom. The number of ether oxygens (including phenoxy) is 2. The van der Waals surface area contributed by atoms with Gasteiger partial charge in [0, 0.05) is 47.9 Å². The maximum absolute atomic E-state index is 16.0. The molecule has 2 aromatic heterocycles. The van der Waals surface area contributed by atoms with Gasteiger partial charge in [-0.15, -0.1) is 0 Å². The minimum atomic E-state index is -2.86. The second-order valence-electron chi connectivity index (χ2n) is 11.0. The standard InChI is InChI=1S/C31H34F2N6O4S/c32-25(10-11-36-44(40)41)23-7-3-6-22(28(23)33)20-16-24-29(26(17-20)43-21-4-1-2-5-21)37-30(19-8-9-27(34)35-18-19)38-31(24)39-12-14-42-15-13-39/h3,6-9,16-18,21,25,44H,1-2,4-5,10-15H2,(H2,34,35)(H,36,40,41). The molecule has 44 heavy (non-hydrogen) atoms. The highest BCUT2D eigenvalue weighted by molar-refractivity contribution is 7.70. The number of nitrogen functional groups attached to an aromatic ring is 1. The number of aromatic nitrogens is 3. The normalized spacial score (nSPS) is 16.6. The van der Waals surface area contributed by atoms with E-state index in [2.05, 4.69) is 14.6 Å². The molecule has 1 atom stereocenters. The summed E-state index contributed by atoms with van der Waals surface area (Å²) in [5.41, 5.74) is 7.66. The van der Waals surface area contributed by atoms with Crippen molar-refractivity contribution >= 4 is 33.4 Å². The van der Waals surface area contributed by atoms with E-state index in [0.29, 0.717) is 71.5 Å². The van der Waals surface area contributed by atoms with Crippen molar-refractivity contribution < 1.29 is 26.7 Å². The van der Waals surface area contributed by atoms with E-state index in [1.54, 1.807) is 30.5 Å². The molecule has 1 unspecified atom stereocenters. The zero-order valence-electron chi connectivity index (χ0n) is 24.0. The quantitative estimate of drug-likeness (QED) is 0.214. The van der Waals surface area contributed by atoms with Crippen molar-refractivity contribution in [1.82, 2.24) is 19.7 Å². The van der Waals surface area contributed by atoms with Gasteiger partial charge >= 0.3 is 0 Å². The van der Waals surface area contributed by atoms with Crippen LogP contribution < -0.4 is 20.1 Å². The zero-order valence-corrected chi connectivity index (χ0v) is 24.9. The number of anilines is 2. The van der Waals surface area contributed by atoms with Crippen LogP contribution in [0.15, 0.2) is 48.7 Å². The Morgan fingerprint density at radius 1 is 1.09 bits per heavy atom. The Labute approximate surface area is 255 Å². The molecule has 1 saturated heterocycles. The van der Waals surface area contributed by atoms with Gasteiger partial charge in [-0.3, -0.25) is 0 Å². The molecule has 0 bridgehead atoms. The first-order valence-corrected chi connectivity index (χ1v) is 15.9. The van der Waals surface area contributed by atoms with Gasteiger partial charge in [-0.1, -0.05) is 18.2 Å². The van der Waals surface area contributed by atoms with E-state index in [-0.39, 0.29) is 30.2 Å². The molecule has 13 heteroatoms. The van der Waals surface area contributed by atoms with E-state index in [1.165, 1.54) is 6.07 Å². The lowest BCUT2D eigenvalue weighted by Crippen LogP contribution is -2.37. The number of fused-ring (bicyclic) bond motifs is 1. The van der Waals surface area contributed by atoms with Crippen molar-refractivity contribution in [2.45, 2.75) is 44.4 Å². The molecule has 10 nitrogen and oxygen atoms in total. The van der Waals surface area contributed by atoms with Crippen LogP contribution in [-0.4, -0.2) is 62.3 Å². The molecule has 2 aromatic carbocycles. The van der Waals surface area contributed by atoms with Crippen LogP contribution in [0, 0.1) is 5.82 Å². The molecule has 3 N–H and O–H groups in total. The predicted molar refractivity (Wildman–Crippen MR) is 165 cm³/mol. The molecule has 0 radical (unpaired) electrons. The number of rotatable bonds is 10. The van der Waals surface area contributed by atoms with Crippen LogP contribution in [0.5, 0.6) is 5.75 Å². The van der Waals surface area contributed by atoms with Crippen LogP contribution in [0.2, 0.25) is 0 Å². The van der Waals surface area contributed by atoms with E-state index in [1.807, 2.05) is 12.1 Å². The minimum Gasteiger partial charge on any atom is -0.488 e. The van der Waals surface area contributed by atoms with Crippen molar-refractivity contribution in [2.24, 2.45) is 0 Å². The number of pyridine rings is 1. The van der Waals surface area contributed by atoms with Gasteiger partial charge in [0.1, 0.15) is 34.9 Å². The van der Waals surface area contributed by atoms with Gasteiger partial charge < -0.3 is 20.1 Å². The van der Waals surface area contributed by atoms with Gasteiger partial charge in [0.05, 0.1) is 19.3 Å². The first kappa shape index (κ1) is 30.1. The second-order valence-corrected chi connectivity index (χ2v) is 11.8. The molecule has 1 saturated carbocycles. The van der Waals surface area contributed by atoms with E-state index in [9.17, 15) is 8.42 Å². The number of benzene rings is 2. The fraction of sp³-hybridized carbons (Fsp3) is 0.387. The monoisotopic (exact) mass is 624 g/mol. The third kappa shape index (κ3) is 6.59. The van der Waals surface area contributed by atoms with Crippen LogP contribution in [0.4, 0.5) is 20.4 Å². The first-order valence-electron chi connectivity index (χ1n) is 14.7. The second kappa shape index (κ2) is 13.4. The summed E-state index contributed by atoms with van der Waals surface area (Å²) in [5.74, 6) is 1.28. The molecule has 232 valence electrons. The number of nitrogens with two attached hydrogens (primary N) is 1. The number of nitrogens with one attached hydrogen (secondary N) is 1. The van der Waals surface area contributed by atoms with Gasteiger partial charge in [-0.25, -0.2) is 36.9 Å². The minimum absolute atomic E-state index is 0.0108. The summed E-state index contributed by atoms with van der Waals surface area (Å²) in [7, 11) is -2.86. The topological polar surface area (TPSA) is 133 Å². The average molecular weight is 625 g/mol. The lowest BCUT2D eigenvalue weighted by Gasteiger charge is -2.29. The number of alkyl halides is 1. The Kier molecular flexibility index (Phi) is 9.14. The molecular formula is C31H34F2N6O4S. The molecule has 2 aliphatic rings. The highest BCUT2D eigenvalue weighted by Gasteiger charge is 2.25. The summed E-state index contributed by atoms with van der Waals surface area (Å²) in [4.78, 5) is 16.2. The summed E-state index contributed by atoms with van der Waals surface area (Å²) in [5, 5.41) is 0.676. The van der Waals surface area contributed by atoms with Crippen molar-refractivity contribution in [3.63, 3.8) is 0 Å². The molecule has 3 heterocycles. The number of nitrogens with zero attached hydrogens (tertiary/aromatic N) is 4. The molecule has 2 fully saturated rings. The highest BCUT2D eigenvalue weighted by Crippen LogP contribution is 2.40. The van der Waals surface area contributed by atoms with Gasteiger partial charge in [0.15, 0.2) is 5.82 Å². The van der Waals surface area contributed by atoms with E-state index in [4.69, 9.17) is 25.2 Å². The molecule has 1 aliphatic carbocycles. The Hall–Kier alpha value is -3.94. The van der Waals surface area contributed by atoms with Crippen molar-refractivity contribution in [1.29, 1.82) is 0 Å². The lowest BCUT2D eigenvalue weighted by atomic mass is 9.97. The van der Waals surface area contributed by atoms with Gasteiger partial charge in [-0.05, 0) is 61.9 Å². The highest BCUT2D eigenvalue weighted by atomic mass is 32.2. The Balaban J connectivity index is 1.51. The van der Waals surface area contributed by atoms with Gasteiger partial charge in [0.2, 0.25) is 10.9 Å². The third-order valence-electron chi connectivity index (χ3n) is 8.01. The number of thiol groups is 1. The molecular weight excluding hydrogens is 590 g/mol. The maximum Gasteiger partial charge on any atom is 0.201 e.